The summed E-state index contributed by atoms with van der Waals surface area (Å²) in [4.78, 5) is 4.71. The van der Waals surface area contributed by atoms with Gasteiger partial charge in [0.25, 0.3) is 0 Å². The van der Waals surface area contributed by atoms with Gasteiger partial charge in [-0.25, -0.2) is 4.98 Å². The number of aromatic nitrogens is 1. The van der Waals surface area contributed by atoms with E-state index in [2.05, 4.69) is 55.7 Å². The summed E-state index contributed by atoms with van der Waals surface area (Å²) in [5.74, 6) is 0.708. The lowest BCUT2D eigenvalue weighted by Crippen LogP contribution is -2.22. The van der Waals surface area contributed by atoms with Gasteiger partial charge in [-0.15, -0.1) is 11.3 Å². The molecule has 19 heavy (non-hydrogen) atoms. The van der Waals surface area contributed by atoms with Crippen LogP contribution in [0.1, 0.15) is 24.4 Å². The van der Waals surface area contributed by atoms with E-state index in [9.17, 15) is 0 Å². The van der Waals surface area contributed by atoms with Crippen LogP contribution in [-0.2, 0) is 6.42 Å². The largest absolute Gasteiger partial charge is 0.316 e. The van der Waals surface area contributed by atoms with E-state index in [1.165, 1.54) is 16.1 Å². The average molecular weight is 274 g/mol. The maximum absolute atomic E-state index is 4.71. The molecular weight excluding hydrogens is 252 g/mol. The van der Waals surface area contributed by atoms with Gasteiger partial charge >= 0.3 is 0 Å². The van der Waals surface area contributed by atoms with Crippen molar-refractivity contribution in [2.45, 2.75) is 27.2 Å². The maximum Gasteiger partial charge on any atom is 0.0945 e. The lowest BCUT2D eigenvalue weighted by molar-refractivity contribution is 0.554. The average Bonchev–Trinajstić information content (AvgIpc) is 2.84. The van der Waals surface area contributed by atoms with Crippen LogP contribution in [0.4, 0.5) is 0 Å². The smallest absolute Gasteiger partial charge is 0.0945 e. The Morgan fingerprint density at radius 2 is 1.95 bits per heavy atom. The van der Waals surface area contributed by atoms with Crippen LogP contribution in [-0.4, -0.2) is 18.1 Å². The second-order valence-corrected chi connectivity index (χ2v) is 6.28. The standard InChI is InChI=1S/C16H22N2S/c1-12(2)10-17-9-8-16-18-15(11-19-16)14-6-4-13(3)5-7-14/h4-7,11-12,17H,8-10H2,1-3H3. The summed E-state index contributed by atoms with van der Waals surface area (Å²) in [6.45, 7) is 8.66. The number of hydrogen-bond acceptors (Lipinski definition) is 3. The Bertz CT molecular complexity index is 500. The highest BCUT2D eigenvalue weighted by atomic mass is 32.1. The van der Waals surface area contributed by atoms with E-state index in [1.807, 2.05) is 0 Å². The van der Waals surface area contributed by atoms with Gasteiger partial charge in [-0.2, -0.15) is 0 Å². The Kier molecular flexibility index (Phi) is 5.11. The fraction of sp³-hybridized carbons (Fsp3) is 0.438. The molecule has 0 atom stereocenters. The van der Waals surface area contributed by atoms with Gasteiger partial charge in [-0.3, -0.25) is 0 Å². The van der Waals surface area contributed by atoms with E-state index in [0.29, 0.717) is 5.92 Å². The van der Waals surface area contributed by atoms with Crippen LogP contribution in [0.15, 0.2) is 29.6 Å². The molecule has 1 aromatic heterocycles. The van der Waals surface area contributed by atoms with Crippen LogP contribution in [0.3, 0.4) is 0 Å². The van der Waals surface area contributed by atoms with E-state index in [-0.39, 0.29) is 0 Å². The highest BCUT2D eigenvalue weighted by molar-refractivity contribution is 7.09. The minimum atomic E-state index is 0.708. The molecule has 1 N–H and O–H groups in total. The lowest BCUT2D eigenvalue weighted by atomic mass is 10.1. The first kappa shape index (κ1) is 14.2. The van der Waals surface area contributed by atoms with Gasteiger partial charge in [-0.1, -0.05) is 43.7 Å². The van der Waals surface area contributed by atoms with E-state index in [4.69, 9.17) is 4.98 Å². The van der Waals surface area contributed by atoms with Crippen molar-refractivity contribution in [3.8, 4) is 11.3 Å². The van der Waals surface area contributed by atoms with Gasteiger partial charge in [0.05, 0.1) is 10.7 Å². The molecule has 0 bridgehead atoms. The van der Waals surface area contributed by atoms with E-state index in [1.54, 1.807) is 11.3 Å². The SMILES string of the molecule is Cc1ccc(-c2csc(CCNCC(C)C)n2)cc1. The summed E-state index contributed by atoms with van der Waals surface area (Å²) >= 11 is 1.76. The topological polar surface area (TPSA) is 24.9 Å². The maximum atomic E-state index is 4.71. The Balaban J connectivity index is 1.90. The summed E-state index contributed by atoms with van der Waals surface area (Å²) in [7, 11) is 0. The Morgan fingerprint density at radius 3 is 2.63 bits per heavy atom. The monoisotopic (exact) mass is 274 g/mol. The van der Waals surface area contributed by atoms with Crippen molar-refractivity contribution < 1.29 is 0 Å². The zero-order chi connectivity index (χ0) is 13.7. The van der Waals surface area contributed by atoms with Crippen LogP contribution in [0, 0.1) is 12.8 Å². The molecule has 0 aliphatic carbocycles. The summed E-state index contributed by atoms with van der Waals surface area (Å²) in [6, 6.07) is 8.56. The summed E-state index contributed by atoms with van der Waals surface area (Å²) in [6.07, 6.45) is 1.02. The molecule has 0 fully saturated rings. The summed E-state index contributed by atoms with van der Waals surface area (Å²) in [5, 5.41) is 6.83. The minimum absolute atomic E-state index is 0.708. The van der Waals surface area contributed by atoms with Crippen LogP contribution in [0.2, 0.25) is 0 Å². The number of rotatable bonds is 6. The second kappa shape index (κ2) is 6.83. The predicted octanol–water partition coefficient (Wildman–Crippen LogP) is 3.91. The lowest BCUT2D eigenvalue weighted by Gasteiger charge is -2.05. The number of thiazole rings is 1. The number of aryl methyl sites for hydroxylation is 1. The third-order valence-electron chi connectivity index (χ3n) is 2.97. The first-order valence-electron chi connectivity index (χ1n) is 6.87. The molecule has 3 heteroatoms. The van der Waals surface area contributed by atoms with Gasteiger partial charge in [0.1, 0.15) is 0 Å². The molecule has 2 nitrogen and oxygen atoms in total. The number of nitrogens with zero attached hydrogens (tertiary/aromatic N) is 1. The number of hydrogen-bond donors (Lipinski definition) is 1. The van der Waals surface area contributed by atoms with Gasteiger partial charge in [0, 0.05) is 23.9 Å². The normalized spacial score (nSPS) is 11.2. The highest BCUT2D eigenvalue weighted by Crippen LogP contribution is 2.22. The van der Waals surface area contributed by atoms with Gasteiger partial charge in [0.15, 0.2) is 0 Å². The van der Waals surface area contributed by atoms with Crippen molar-refractivity contribution in [1.29, 1.82) is 0 Å². The zero-order valence-corrected chi connectivity index (χ0v) is 12.8. The molecule has 0 aliphatic heterocycles. The van der Waals surface area contributed by atoms with Crippen molar-refractivity contribution >= 4 is 11.3 Å². The van der Waals surface area contributed by atoms with E-state index < -0.39 is 0 Å². The molecule has 0 amide bonds. The molecule has 0 spiro atoms. The minimum Gasteiger partial charge on any atom is -0.316 e. The molecule has 0 radical (unpaired) electrons. The molecule has 1 aromatic carbocycles. The predicted molar refractivity (Wildman–Crippen MR) is 83.7 cm³/mol. The Morgan fingerprint density at radius 1 is 1.21 bits per heavy atom. The van der Waals surface area contributed by atoms with Crippen LogP contribution < -0.4 is 5.32 Å². The van der Waals surface area contributed by atoms with Gasteiger partial charge in [-0.05, 0) is 19.4 Å². The highest BCUT2D eigenvalue weighted by Gasteiger charge is 2.04. The van der Waals surface area contributed by atoms with Crippen molar-refractivity contribution in [1.82, 2.24) is 10.3 Å². The van der Waals surface area contributed by atoms with Gasteiger partial charge < -0.3 is 5.32 Å². The van der Waals surface area contributed by atoms with Crippen LogP contribution >= 0.6 is 11.3 Å². The first-order chi connectivity index (χ1) is 9.15. The third-order valence-corrected chi connectivity index (χ3v) is 3.88. The van der Waals surface area contributed by atoms with Gasteiger partial charge in [0.2, 0.25) is 0 Å². The first-order valence-corrected chi connectivity index (χ1v) is 7.75. The van der Waals surface area contributed by atoms with E-state index >= 15 is 0 Å². The van der Waals surface area contributed by atoms with Crippen LogP contribution in [0.25, 0.3) is 11.3 Å². The fourth-order valence-corrected chi connectivity index (χ4v) is 2.68. The quantitative estimate of drug-likeness (QED) is 0.808. The zero-order valence-electron chi connectivity index (χ0n) is 11.9. The van der Waals surface area contributed by atoms with E-state index in [0.717, 1.165) is 25.2 Å². The summed E-state index contributed by atoms with van der Waals surface area (Å²) < 4.78 is 0. The number of nitrogens with one attached hydrogen (secondary N) is 1. The molecule has 0 saturated carbocycles. The third kappa shape index (κ3) is 4.44. The molecule has 0 aliphatic rings. The Hall–Kier alpha value is -1.19. The summed E-state index contributed by atoms with van der Waals surface area (Å²) in [5.41, 5.74) is 3.60. The van der Waals surface area contributed by atoms with Crippen molar-refractivity contribution in [2.75, 3.05) is 13.1 Å². The molecule has 0 saturated heterocycles. The second-order valence-electron chi connectivity index (χ2n) is 5.34. The fourth-order valence-electron chi connectivity index (χ4n) is 1.87. The molecule has 2 rings (SSSR count). The molecule has 102 valence electrons. The van der Waals surface area contributed by atoms with Crippen LogP contribution in [0.5, 0.6) is 0 Å². The molecule has 2 aromatic rings. The Labute approximate surface area is 119 Å². The van der Waals surface area contributed by atoms with Crippen molar-refractivity contribution in [3.63, 3.8) is 0 Å². The molecule has 1 heterocycles. The molecule has 0 unspecified atom stereocenters. The number of benzene rings is 1. The molecular formula is C16H22N2S. The van der Waals surface area contributed by atoms with Crippen molar-refractivity contribution in [3.05, 3.63) is 40.2 Å². The van der Waals surface area contributed by atoms with Crippen molar-refractivity contribution in [2.24, 2.45) is 5.92 Å².